The van der Waals surface area contributed by atoms with E-state index >= 15 is 0 Å². The molecule has 2 unspecified atom stereocenters. The molecule has 0 radical (unpaired) electrons. The number of nitrogens with one attached hydrogen (secondary N) is 1. The lowest BCUT2D eigenvalue weighted by molar-refractivity contribution is -0.133. The van der Waals surface area contributed by atoms with Crippen molar-refractivity contribution in [2.75, 3.05) is 31.2 Å². The van der Waals surface area contributed by atoms with E-state index in [-0.39, 0.29) is 18.1 Å². The summed E-state index contributed by atoms with van der Waals surface area (Å²) in [4.78, 5) is 34.5. The van der Waals surface area contributed by atoms with Crippen LogP contribution in [-0.4, -0.2) is 48.2 Å². The summed E-state index contributed by atoms with van der Waals surface area (Å²) < 4.78 is 6.13. The molecule has 0 spiro atoms. The van der Waals surface area contributed by atoms with Gasteiger partial charge in [-0.2, -0.15) is 11.3 Å². The third-order valence-corrected chi connectivity index (χ3v) is 9.05. The molecular weight excluding hydrogens is 558 g/mol. The number of hydrogen-bond acceptors (Lipinski definition) is 7. The minimum absolute atomic E-state index is 0.105. The van der Waals surface area contributed by atoms with Crippen molar-refractivity contribution in [3.8, 4) is 0 Å². The summed E-state index contributed by atoms with van der Waals surface area (Å²) in [5.74, 6) is -0.502. The number of thioether (sulfide) groups is 1. The maximum Gasteiger partial charge on any atom is 0.242 e. The van der Waals surface area contributed by atoms with Crippen molar-refractivity contribution in [3.63, 3.8) is 0 Å². The molecule has 10 heteroatoms. The number of amides is 1. The maximum absolute atomic E-state index is 13.4. The molecule has 4 heterocycles. The van der Waals surface area contributed by atoms with Crippen LogP contribution in [0.5, 0.6) is 0 Å². The van der Waals surface area contributed by atoms with E-state index < -0.39 is 10.8 Å². The number of nitrogens with zero attached hydrogens (tertiary/aromatic N) is 2. The molecule has 2 saturated heterocycles. The third kappa shape index (κ3) is 4.52. The Kier molecular flexibility index (Phi) is 7.00. The number of thiophene rings is 1. The number of pyridine rings is 1. The number of benzene rings is 1. The van der Waals surface area contributed by atoms with E-state index in [0.717, 1.165) is 24.3 Å². The number of piperidine rings is 1. The van der Waals surface area contributed by atoms with Gasteiger partial charge in [0.1, 0.15) is 15.4 Å². The van der Waals surface area contributed by atoms with Crippen molar-refractivity contribution in [1.29, 1.82) is 0 Å². The topological polar surface area (TPSA) is 71.5 Å². The Hall–Kier alpha value is -1.91. The predicted molar refractivity (Wildman–Crippen MR) is 139 cm³/mol. The van der Waals surface area contributed by atoms with Crippen LogP contribution in [0.2, 0.25) is 5.02 Å². The summed E-state index contributed by atoms with van der Waals surface area (Å²) in [6.45, 7) is 2.90. The molecule has 2 fully saturated rings. The van der Waals surface area contributed by atoms with Crippen molar-refractivity contribution < 1.29 is 14.3 Å². The number of anilines is 1. The third-order valence-electron chi connectivity index (χ3n) is 6.02. The molecule has 2 atom stereocenters. The monoisotopic (exact) mass is 577 g/mol. The summed E-state index contributed by atoms with van der Waals surface area (Å²) in [5, 5.41) is 6.71. The van der Waals surface area contributed by atoms with Gasteiger partial charge in [-0.3, -0.25) is 9.59 Å². The van der Waals surface area contributed by atoms with Gasteiger partial charge in [0.15, 0.2) is 5.78 Å². The summed E-state index contributed by atoms with van der Waals surface area (Å²) in [6.07, 6.45) is 0.105. The Morgan fingerprint density at radius 2 is 1.97 bits per heavy atom. The molecule has 1 aromatic carbocycles. The molecule has 0 saturated carbocycles. The predicted octanol–water partition coefficient (Wildman–Crippen LogP) is 4.89. The number of halogens is 2. The fourth-order valence-corrected chi connectivity index (χ4v) is 6.84. The molecule has 0 bridgehead atoms. The van der Waals surface area contributed by atoms with Gasteiger partial charge in [-0.15, -0.1) is 11.8 Å². The maximum atomic E-state index is 13.4. The first kappa shape index (κ1) is 23.8. The molecule has 3 aromatic rings. The zero-order valence-electron chi connectivity index (χ0n) is 18.0. The molecule has 5 rings (SSSR count). The first-order chi connectivity index (χ1) is 16.5. The van der Waals surface area contributed by atoms with E-state index in [0.29, 0.717) is 33.4 Å². The number of aromatic nitrogens is 1. The SMILES string of the molecule is O=C1CC(c2ccsc2)(c2ccc(N3CCOCC3)c(Br)n2)NC(=O)C1Sc1ccccc1Cl. The highest BCUT2D eigenvalue weighted by molar-refractivity contribution is 9.10. The number of Topliss-reactive ketones (excluding diaryl/α,β-unsaturated/α-hetero) is 1. The summed E-state index contributed by atoms with van der Waals surface area (Å²) in [5.41, 5.74) is 1.40. The Morgan fingerprint density at radius 1 is 1.18 bits per heavy atom. The number of ketones is 1. The Morgan fingerprint density at radius 3 is 2.65 bits per heavy atom. The van der Waals surface area contributed by atoms with E-state index in [2.05, 4.69) is 26.1 Å². The van der Waals surface area contributed by atoms with Gasteiger partial charge in [-0.05, 0) is 62.6 Å². The van der Waals surface area contributed by atoms with Crippen LogP contribution in [-0.2, 0) is 19.9 Å². The number of carbonyl (C=O) groups excluding carboxylic acids is 2. The largest absolute Gasteiger partial charge is 0.378 e. The lowest BCUT2D eigenvalue weighted by atomic mass is 9.79. The standard InChI is InChI=1S/C24H21BrClN3O3S2/c25-22-17(29-8-10-32-11-9-29)5-6-20(27-22)24(15-7-12-33-14-15)13-18(30)21(23(31)28-24)34-19-4-2-1-3-16(19)26/h1-7,12,14,21H,8-11,13H2,(H,28,31). The van der Waals surface area contributed by atoms with Crippen molar-refractivity contribution in [2.24, 2.45) is 0 Å². The fourth-order valence-electron chi connectivity index (χ4n) is 4.30. The second-order valence-electron chi connectivity index (χ2n) is 8.08. The summed E-state index contributed by atoms with van der Waals surface area (Å²) in [7, 11) is 0. The van der Waals surface area contributed by atoms with Crippen LogP contribution in [0, 0.1) is 0 Å². The van der Waals surface area contributed by atoms with E-state index in [1.54, 1.807) is 6.07 Å². The molecule has 1 amide bonds. The number of rotatable bonds is 5. The van der Waals surface area contributed by atoms with E-state index in [4.69, 9.17) is 21.3 Å². The molecule has 34 heavy (non-hydrogen) atoms. The molecule has 0 aliphatic carbocycles. The second kappa shape index (κ2) is 9.99. The zero-order valence-corrected chi connectivity index (χ0v) is 22.0. The van der Waals surface area contributed by atoms with Crippen LogP contribution >= 0.6 is 50.6 Å². The normalized spacial score (nSPS) is 23.1. The zero-order chi connectivity index (χ0) is 23.7. The molecule has 2 aliphatic rings. The fraction of sp³-hybridized carbons (Fsp3) is 0.292. The van der Waals surface area contributed by atoms with Crippen molar-refractivity contribution in [1.82, 2.24) is 10.3 Å². The van der Waals surface area contributed by atoms with Crippen LogP contribution in [0.4, 0.5) is 5.69 Å². The van der Waals surface area contributed by atoms with Crippen molar-refractivity contribution >= 4 is 68.0 Å². The van der Waals surface area contributed by atoms with E-state index in [1.165, 1.54) is 23.1 Å². The first-order valence-corrected chi connectivity index (χ1v) is 13.8. The minimum Gasteiger partial charge on any atom is -0.378 e. The summed E-state index contributed by atoms with van der Waals surface area (Å²) in [6, 6.07) is 13.1. The van der Waals surface area contributed by atoms with Gasteiger partial charge < -0.3 is 15.0 Å². The highest BCUT2D eigenvalue weighted by atomic mass is 79.9. The number of carbonyl (C=O) groups is 2. The van der Waals surface area contributed by atoms with Gasteiger partial charge >= 0.3 is 0 Å². The van der Waals surface area contributed by atoms with Gasteiger partial charge in [0.2, 0.25) is 5.91 Å². The number of ether oxygens (including phenoxy) is 1. The van der Waals surface area contributed by atoms with Gasteiger partial charge in [0.25, 0.3) is 0 Å². The molecule has 2 aromatic heterocycles. The molecule has 2 aliphatic heterocycles. The van der Waals surface area contributed by atoms with E-state index in [9.17, 15) is 9.59 Å². The summed E-state index contributed by atoms with van der Waals surface area (Å²) >= 11 is 12.6. The van der Waals surface area contributed by atoms with E-state index in [1.807, 2.05) is 47.2 Å². The van der Waals surface area contributed by atoms with Crippen LogP contribution in [0.25, 0.3) is 0 Å². The van der Waals surface area contributed by atoms with Crippen LogP contribution in [0.3, 0.4) is 0 Å². The molecule has 6 nitrogen and oxygen atoms in total. The lowest BCUT2D eigenvalue weighted by Gasteiger charge is -2.39. The smallest absolute Gasteiger partial charge is 0.242 e. The number of morpholine rings is 1. The van der Waals surface area contributed by atoms with Crippen molar-refractivity contribution in [3.05, 3.63) is 74.1 Å². The average Bonchev–Trinajstić information content (AvgIpc) is 3.38. The highest BCUT2D eigenvalue weighted by Gasteiger charge is 2.48. The van der Waals surface area contributed by atoms with Crippen LogP contribution < -0.4 is 10.2 Å². The van der Waals surface area contributed by atoms with Crippen LogP contribution in [0.1, 0.15) is 17.7 Å². The highest BCUT2D eigenvalue weighted by Crippen LogP contribution is 2.42. The quantitative estimate of drug-likeness (QED) is 0.343. The molecule has 176 valence electrons. The van der Waals surface area contributed by atoms with Gasteiger partial charge in [-0.25, -0.2) is 4.98 Å². The lowest BCUT2D eigenvalue weighted by Crippen LogP contribution is -2.58. The Labute approximate surface area is 219 Å². The van der Waals surface area contributed by atoms with Crippen LogP contribution in [0.15, 0.2) is 62.7 Å². The Bertz CT molecular complexity index is 1200. The average molecular weight is 579 g/mol. The Balaban J connectivity index is 1.48. The minimum atomic E-state index is -1.03. The van der Waals surface area contributed by atoms with Gasteiger partial charge in [-0.1, -0.05) is 23.7 Å². The van der Waals surface area contributed by atoms with Gasteiger partial charge in [0, 0.05) is 24.4 Å². The molecule has 1 N–H and O–H groups in total. The first-order valence-electron chi connectivity index (χ1n) is 10.8. The van der Waals surface area contributed by atoms with Gasteiger partial charge in [0.05, 0.1) is 29.6 Å². The second-order valence-corrected chi connectivity index (χ2v) is 11.2. The number of hydrogen-bond donors (Lipinski definition) is 1. The molecular formula is C24H21BrClN3O3S2. The van der Waals surface area contributed by atoms with Crippen molar-refractivity contribution in [2.45, 2.75) is 22.1 Å².